The van der Waals surface area contributed by atoms with Crippen molar-refractivity contribution in [3.63, 3.8) is 0 Å². The van der Waals surface area contributed by atoms with Gasteiger partial charge in [0.05, 0.1) is 19.8 Å². The first-order valence-corrected chi connectivity index (χ1v) is 3.63. The van der Waals surface area contributed by atoms with E-state index in [1.165, 1.54) is 0 Å². The van der Waals surface area contributed by atoms with Crippen molar-refractivity contribution in [1.29, 1.82) is 0 Å². The monoisotopic (exact) mass is 160 g/mol. The maximum Gasteiger partial charge on any atom is 0.199 e. The molecule has 0 aromatic rings. The van der Waals surface area contributed by atoms with Gasteiger partial charge in [-0.1, -0.05) is 0 Å². The summed E-state index contributed by atoms with van der Waals surface area (Å²) in [4.78, 5) is 0. The quantitative estimate of drug-likeness (QED) is 0.381. The fourth-order valence-electron chi connectivity index (χ4n) is 0.803. The molecule has 2 aliphatic heterocycles. The van der Waals surface area contributed by atoms with Crippen molar-refractivity contribution in [1.82, 2.24) is 0 Å². The van der Waals surface area contributed by atoms with Crippen LogP contribution >= 0.6 is 0 Å². The molecule has 5 heteroatoms. The number of hydrogen-bond donors (Lipinski definition) is 2. The van der Waals surface area contributed by atoms with E-state index in [2.05, 4.69) is 0 Å². The van der Waals surface area contributed by atoms with Crippen LogP contribution < -0.4 is 11.5 Å². The van der Waals surface area contributed by atoms with Crippen LogP contribution in [-0.2, 0) is 14.2 Å². The van der Waals surface area contributed by atoms with E-state index in [4.69, 9.17) is 25.7 Å². The molecule has 0 amide bonds. The second-order valence-electron chi connectivity index (χ2n) is 2.94. The third-order valence-electron chi connectivity index (χ3n) is 1.76. The van der Waals surface area contributed by atoms with Crippen molar-refractivity contribution in [2.24, 2.45) is 11.5 Å². The van der Waals surface area contributed by atoms with E-state index in [9.17, 15) is 0 Å². The van der Waals surface area contributed by atoms with Gasteiger partial charge in [0.1, 0.15) is 12.2 Å². The van der Waals surface area contributed by atoms with Crippen LogP contribution in [0.4, 0.5) is 0 Å². The summed E-state index contributed by atoms with van der Waals surface area (Å²) < 4.78 is 15.0. The van der Waals surface area contributed by atoms with Crippen LogP contribution in [0.2, 0.25) is 0 Å². The van der Waals surface area contributed by atoms with Gasteiger partial charge in [-0.25, -0.2) is 0 Å². The Morgan fingerprint density at radius 3 is 2.45 bits per heavy atom. The SMILES string of the molecule is NC(N)(OCC1CO1)C1CO1. The average Bonchev–Trinajstić information content (AvgIpc) is 2.79. The number of nitrogens with two attached hydrogens (primary N) is 2. The van der Waals surface area contributed by atoms with E-state index in [1.807, 2.05) is 0 Å². The first-order chi connectivity index (χ1) is 5.18. The molecule has 2 aliphatic rings. The first-order valence-electron chi connectivity index (χ1n) is 3.63. The molecule has 0 aromatic carbocycles. The fourth-order valence-corrected chi connectivity index (χ4v) is 0.803. The van der Waals surface area contributed by atoms with Gasteiger partial charge in [-0.3, -0.25) is 11.5 Å². The minimum atomic E-state index is -1.12. The van der Waals surface area contributed by atoms with Gasteiger partial charge < -0.3 is 14.2 Å². The molecule has 2 unspecified atom stereocenters. The third-order valence-corrected chi connectivity index (χ3v) is 1.76. The highest BCUT2D eigenvalue weighted by Crippen LogP contribution is 2.20. The third kappa shape index (κ3) is 1.88. The average molecular weight is 160 g/mol. The summed E-state index contributed by atoms with van der Waals surface area (Å²) in [7, 11) is 0. The van der Waals surface area contributed by atoms with Gasteiger partial charge in [0.15, 0.2) is 5.85 Å². The zero-order chi connectivity index (χ0) is 7.90. The van der Waals surface area contributed by atoms with Crippen molar-refractivity contribution in [3.8, 4) is 0 Å². The molecule has 0 aliphatic carbocycles. The van der Waals surface area contributed by atoms with Crippen LogP contribution in [0.25, 0.3) is 0 Å². The molecule has 2 atom stereocenters. The maximum absolute atomic E-state index is 5.57. The Morgan fingerprint density at radius 1 is 1.36 bits per heavy atom. The molecule has 11 heavy (non-hydrogen) atoms. The van der Waals surface area contributed by atoms with Crippen LogP contribution in [0.1, 0.15) is 0 Å². The summed E-state index contributed by atoms with van der Waals surface area (Å²) in [6, 6.07) is 0. The minimum Gasteiger partial charge on any atom is -0.371 e. The van der Waals surface area contributed by atoms with Gasteiger partial charge in [-0.15, -0.1) is 0 Å². The summed E-state index contributed by atoms with van der Waals surface area (Å²) in [5, 5.41) is 0. The lowest BCUT2D eigenvalue weighted by molar-refractivity contribution is -0.0604. The second-order valence-corrected chi connectivity index (χ2v) is 2.94. The lowest BCUT2D eigenvalue weighted by Crippen LogP contribution is -2.57. The minimum absolute atomic E-state index is 0.138. The Balaban J connectivity index is 1.72. The lowest BCUT2D eigenvalue weighted by Gasteiger charge is -2.21. The smallest absolute Gasteiger partial charge is 0.199 e. The molecular weight excluding hydrogens is 148 g/mol. The highest BCUT2D eigenvalue weighted by molar-refractivity contribution is 4.86. The first kappa shape index (κ1) is 7.45. The zero-order valence-corrected chi connectivity index (χ0v) is 6.16. The van der Waals surface area contributed by atoms with Crippen molar-refractivity contribution >= 4 is 0 Å². The Morgan fingerprint density at radius 2 is 2.00 bits per heavy atom. The highest BCUT2D eigenvalue weighted by atomic mass is 16.6. The molecule has 0 bridgehead atoms. The van der Waals surface area contributed by atoms with E-state index in [1.54, 1.807) is 0 Å². The second kappa shape index (κ2) is 2.40. The summed E-state index contributed by atoms with van der Waals surface area (Å²) in [6.45, 7) is 1.81. The van der Waals surface area contributed by atoms with Crippen molar-refractivity contribution in [2.75, 3.05) is 19.8 Å². The van der Waals surface area contributed by atoms with Crippen LogP contribution in [0, 0.1) is 0 Å². The van der Waals surface area contributed by atoms with Crippen LogP contribution in [0.15, 0.2) is 0 Å². The van der Waals surface area contributed by atoms with Gasteiger partial charge in [0.2, 0.25) is 0 Å². The van der Waals surface area contributed by atoms with Gasteiger partial charge >= 0.3 is 0 Å². The standard InChI is InChI=1S/C6H12N2O3/c7-6(8,5-3-10-5)11-2-4-1-9-4/h4-5H,1-3,7-8H2. The largest absolute Gasteiger partial charge is 0.371 e. The van der Waals surface area contributed by atoms with Crippen molar-refractivity contribution < 1.29 is 14.2 Å². The molecular formula is C6H12N2O3. The van der Waals surface area contributed by atoms with Gasteiger partial charge in [0.25, 0.3) is 0 Å². The number of ether oxygens (including phenoxy) is 3. The normalized spacial score (nSPS) is 35.5. The van der Waals surface area contributed by atoms with Crippen molar-refractivity contribution in [2.45, 2.75) is 18.1 Å². The summed E-state index contributed by atoms with van der Waals surface area (Å²) in [5.74, 6) is -1.12. The zero-order valence-electron chi connectivity index (χ0n) is 6.16. The number of hydrogen-bond acceptors (Lipinski definition) is 5. The molecule has 64 valence electrons. The molecule has 2 heterocycles. The predicted octanol–water partition coefficient (Wildman–Crippen LogP) is -1.63. The maximum atomic E-state index is 5.57. The highest BCUT2D eigenvalue weighted by Gasteiger charge is 2.43. The Kier molecular flexibility index (Phi) is 1.62. The summed E-state index contributed by atoms with van der Waals surface area (Å²) >= 11 is 0. The van der Waals surface area contributed by atoms with E-state index in [-0.39, 0.29) is 12.2 Å². The molecule has 0 spiro atoms. The van der Waals surface area contributed by atoms with E-state index >= 15 is 0 Å². The Bertz CT molecular complexity index is 154. The molecule has 2 fully saturated rings. The Hall–Kier alpha value is -0.200. The van der Waals surface area contributed by atoms with E-state index in [0.717, 1.165) is 6.61 Å². The van der Waals surface area contributed by atoms with E-state index in [0.29, 0.717) is 13.2 Å². The number of epoxide rings is 2. The van der Waals surface area contributed by atoms with Crippen molar-refractivity contribution in [3.05, 3.63) is 0 Å². The molecule has 2 saturated heterocycles. The molecule has 0 radical (unpaired) electrons. The van der Waals surface area contributed by atoms with Crippen LogP contribution in [-0.4, -0.2) is 37.9 Å². The molecule has 0 saturated carbocycles. The molecule has 2 rings (SSSR count). The lowest BCUT2D eigenvalue weighted by atomic mass is 10.3. The summed E-state index contributed by atoms with van der Waals surface area (Å²) in [5.41, 5.74) is 11.1. The van der Waals surface area contributed by atoms with Crippen LogP contribution in [0.3, 0.4) is 0 Å². The topological polar surface area (TPSA) is 86.3 Å². The Labute approximate surface area is 64.6 Å². The summed E-state index contributed by atoms with van der Waals surface area (Å²) in [6.07, 6.45) is 0.0569. The molecule has 4 N–H and O–H groups in total. The van der Waals surface area contributed by atoms with Gasteiger partial charge in [-0.05, 0) is 0 Å². The van der Waals surface area contributed by atoms with Crippen LogP contribution in [0.5, 0.6) is 0 Å². The molecule has 0 aromatic heterocycles. The fraction of sp³-hybridized carbons (Fsp3) is 1.00. The van der Waals surface area contributed by atoms with E-state index < -0.39 is 5.85 Å². The van der Waals surface area contributed by atoms with Gasteiger partial charge in [0, 0.05) is 0 Å². The number of rotatable bonds is 4. The molecule has 5 nitrogen and oxygen atoms in total. The predicted molar refractivity (Wildman–Crippen MR) is 36.5 cm³/mol. The van der Waals surface area contributed by atoms with Gasteiger partial charge in [-0.2, -0.15) is 0 Å².